The molecule has 6 atom stereocenters. The van der Waals surface area contributed by atoms with Crippen molar-refractivity contribution in [3.8, 4) is 5.75 Å². The molecule has 4 aliphatic rings. The van der Waals surface area contributed by atoms with Gasteiger partial charge in [-0.3, -0.25) is 9.12 Å². The van der Waals surface area contributed by atoms with Crippen LogP contribution in [0.1, 0.15) is 50.8 Å². The second-order valence-corrected chi connectivity index (χ2v) is 20.2. The molecule has 9 rings (SSSR count). The molecule has 4 fully saturated rings. The average Bonchev–Trinajstić information content (AvgIpc) is 4.28. The Morgan fingerprint density at radius 2 is 1.48 bits per heavy atom. The summed E-state index contributed by atoms with van der Waals surface area (Å²) in [6.07, 6.45) is -1.41. The zero-order valence-electron chi connectivity index (χ0n) is 39.7. The van der Waals surface area contributed by atoms with Crippen LogP contribution in [0.15, 0.2) is 109 Å². The highest BCUT2D eigenvalue weighted by Gasteiger charge is 2.56. The normalized spacial score (nSPS) is 21.9. The van der Waals surface area contributed by atoms with Gasteiger partial charge in [-0.15, -0.1) is 0 Å². The van der Waals surface area contributed by atoms with Crippen LogP contribution in [0.25, 0.3) is 10.9 Å². The molecule has 0 aliphatic carbocycles. The van der Waals surface area contributed by atoms with Crippen molar-refractivity contribution < 1.29 is 56.5 Å². The lowest BCUT2D eigenvalue weighted by Gasteiger charge is -2.37. The minimum absolute atomic E-state index is 0.0736. The van der Waals surface area contributed by atoms with Crippen LogP contribution in [0, 0.1) is 0 Å². The molecule has 0 saturated carbocycles. The molecule has 5 heterocycles. The van der Waals surface area contributed by atoms with Crippen molar-refractivity contribution in [2.45, 2.75) is 96.5 Å². The number of fused-ring (bicyclic) bond motifs is 2. The predicted octanol–water partition coefficient (Wildman–Crippen LogP) is 6.50. The van der Waals surface area contributed by atoms with Crippen LogP contribution in [0.5, 0.6) is 5.75 Å². The first-order chi connectivity index (χ1) is 33.3. The Bertz CT molecular complexity index is 2580. The number of carbonyl (C=O) groups is 2. The molecule has 362 valence electrons. The zero-order chi connectivity index (χ0) is 48.3. The highest BCUT2D eigenvalue weighted by Crippen LogP contribution is 2.50. The molecule has 4 aliphatic heterocycles. The number of ether oxygens (including phenoxy) is 4. The van der Waals surface area contributed by atoms with Gasteiger partial charge in [-0.1, -0.05) is 84.9 Å². The fraction of sp³-hybridized carbons (Fsp3) is 0.438. The number of urea groups is 1. The summed E-state index contributed by atoms with van der Waals surface area (Å²) >= 11 is 0. The van der Waals surface area contributed by atoms with E-state index < -0.39 is 63.1 Å². The number of benzene rings is 4. The Kier molecular flexibility index (Phi) is 14.9. The van der Waals surface area contributed by atoms with Crippen LogP contribution < -0.4 is 9.25 Å². The first-order valence-electron chi connectivity index (χ1n) is 23.8. The van der Waals surface area contributed by atoms with Crippen LogP contribution in [-0.4, -0.2) is 133 Å². The Morgan fingerprint density at radius 3 is 2.04 bits per heavy atom. The second-order valence-electron chi connectivity index (χ2n) is 18.3. The fourth-order valence-electron chi connectivity index (χ4n) is 9.41. The van der Waals surface area contributed by atoms with E-state index in [4.69, 9.17) is 42.4 Å². The molecule has 0 radical (unpaired) electrons. The minimum atomic E-state index is -4.07. The first-order valence-corrected chi connectivity index (χ1v) is 25.5. The summed E-state index contributed by atoms with van der Waals surface area (Å²) in [5, 5.41) is 16.5. The van der Waals surface area contributed by atoms with Gasteiger partial charge in [0.2, 0.25) is 0 Å². The van der Waals surface area contributed by atoms with Crippen LogP contribution in [0.4, 0.5) is 10.6 Å². The van der Waals surface area contributed by atoms with Crippen molar-refractivity contribution >= 4 is 57.5 Å². The van der Waals surface area contributed by atoms with Crippen LogP contribution >= 0.6 is 7.60 Å². The number of hydrogen-bond donors (Lipinski definition) is 1. The molecule has 69 heavy (non-hydrogen) atoms. The van der Waals surface area contributed by atoms with Crippen molar-refractivity contribution in [1.29, 1.82) is 0 Å². The highest BCUT2D eigenvalue weighted by atomic mass is 31.2. The molecule has 1 aromatic heterocycles. The van der Waals surface area contributed by atoms with E-state index in [1.54, 1.807) is 48.7 Å². The third-order valence-electron chi connectivity index (χ3n) is 12.6. The number of para-hydroxylation sites is 1. The van der Waals surface area contributed by atoms with Gasteiger partial charge in [0.05, 0.1) is 37.2 Å². The second kappa shape index (κ2) is 21.0. The van der Waals surface area contributed by atoms with Gasteiger partial charge in [0.15, 0.2) is 18.2 Å². The molecule has 2 amide bonds. The maximum atomic E-state index is 15.8. The quantitative estimate of drug-likeness (QED) is 0.0261. The van der Waals surface area contributed by atoms with Crippen LogP contribution in [0.3, 0.4) is 0 Å². The summed E-state index contributed by atoms with van der Waals surface area (Å²) in [4.78, 5) is 32.2. The lowest BCUT2D eigenvalue weighted by atomic mass is 9.76. The smallest absolute Gasteiger partial charge is 0.431 e. The van der Waals surface area contributed by atoms with Crippen LogP contribution in [0.2, 0.25) is 6.82 Å². The van der Waals surface area contributed by atoms with E-state index in [1.165, 1.54) is 6.92 Å². The average molecular weight is 961 g/mol. The molecular formula is C48H59B3N5O12P. The van der Waals surface area contributed by atoms with Crippen molar-refractivity contribution in [3.05, 3.63) is 126 Å². The monoisotopic (exact) mass is 961 g/mol. The SMILES string of the molecule is CCOC(=O)[C@H](C)OP(=O)(COCCCN1C(=O)N(Cc2ccc3c(c2)c(N(B2CO2)B2CO2)nn3B(C)O)[C@H](Cc2ccccc2)[C@@H]2OC(C)(C)O[C@H]2[C@H]1Cc1ccccc1)Oc1ccccc1. The Hall–Kier alpha value is -5.17. The van der Waals surface area contributed by atoms with Gasteiger partial charge >= 0.3 is 40.7 Å². The number of amides is 2. The highest BCUT2D eigenvalue weighted by molar-refractivity contribution is 7.54. The number of rotatable bonds is 22. The standard InChI is InChI=1S/C48H59B3N5O12P/c1-6-62-46(57)34(2)67-69(60,68-38-21-14-9-15-22-38)33-61-26-16-25-53-41(28-35-17-10-7-11-18-35)43-44(66-48(3,4)65-43)42(29-36-19-12-8-13-20-36)54(47(53)58)30-37-23-24-40-39(27-37)45(52-56(40)49(5)59)55(50-31-63-50)51-32-64-51/h7-15,17-24,27,34,41-44,59H,6,16,25-26,28-33H2,1-5H3/t34-,41+,42+,43-,44-,69?/m0/s1. The molecule has 4 aromatic carbocycles. The number of hydrogen-bond acceptors (Lipinski definition) is 14. The maximum Gasteiger partial charge on any atom is 0.431 e. The van der Waals surface area contributed by atoms with E-state index in [0.29, 0.717) is 43.8 Å². The number of carbonyl (C=O) groups excluding carboxylic acids is 2. The number of aromatic nitrogens is 2. The summed E-state index contributed by atoms with van der Waals surface area (Å²) in [5.74, 6) is -0.715. The van der Waals surface area contributed by atoms with Crippen molar-refractivity contribution in [2.75, 3.05) is 43.8 Å². The van der Waals surface area contributed by atoms with Gasteiger partial charge in [0.1, 0.15) is 23.8 Å². The zero-order valence-corrected chi connectivity index (χ0v) is 40.6. The van der Waals surface area contributed by atoms with E-state index in [0.717, 1.165) is 27.6 Å². The minimum Gasteiger partial charge on any atom is -0.464 e. The fourth-order valence-corrected chi connectivity index (χ4v) is 10.9. The molecule has 21 heteroatoms. The third-order valence-corrected chi connectivity index (χ3v) is 14.2. The predicted molar refractivity (Wildman–Crippen MR) is 261 cm³/mol. The molecule has 1 N–H and O–H groups in total. The molecule has 0 spiro atoms. The first kappa shape index (κ1) is 48.8. The van der Waals surface area contributed by atoms with Gasteiger partial charge in [-0.2, -0.15) is 5.10 Å². The molecule has 5 aromatic rings. The van der Waals surface area contributed by atoms with Crippen LogP contribution in [-0.2, 0) is 61.5 Å². The number of anilines is 1. The molecule has 17 nitrogen and oxygen atoms in total. The van der Waals surface area contributed by atoms with E-state index in [1.807, 2.05) is 83.0 Å². The largest absolute Gasteiger partial charge is 0.464 e. The molecular weight excluding hydrogens is 902 g/mol. The van der Waals surface area contributed by atoms with Crippen molar-refractivity contribution in [2.24, 2.45) is 0 Å². The number of nitrogens with zero attached hydrogens (tertiary/aromatic N) is 5. The lowest BCUT2D eigenvalue weighted by molar-refractivity contribution is -0.157. The summed E-state index contributed by atoms with van der Waals surface area (Å²) in [7, 11) is -5.34. The maximum absolute atomic E-state index is 15.8. The lowest BCUT2D eigenvalue weighted by Crippen LogP contribution is -2.52. The topological polar surface area (TPSA) is 179 Å². The van der Waals surface area contributed by atoms with Gasteiger partial charge in [-0.05, 0) is 94.7 Å². The van der Waals surface area contributed by atoms with Gasteiger partial charge in [0, 0.05) is 25.1 Å². The molecule has 0 bridgehead atoms. The van der Waals surface area contributed by atoms with Crippen molar-refractivity contribution in [1.82, 2.24) is 19.5 Å². The summed E-state index contributed by atoms with van der Waals surface area (Å²) in [6.45, 7) is 10.4. The molecule has 4 saturated heterocycles. The van der Waals surface area contributed by atoms with Gasteiger partial charge < -0.3 is 52.3 Å². The Balaban J connectivity index is 1.05. The Labute approximate surface area is 404 Å². The Morgan fingerprint density at radius 1 is 0.899 bits per heavy atom. The summed E-state index contributed by atoms with van der Waals surface area (Å²) in [5.41, 5.74) is 3.65. The summed E-state index contributed by atoms with van der Waals surface area (Å²) in [6, 6.07) is 33.5. The van der Waals surface area contributed by atoms with Gasteiger partial charge in [0.25, 0.3) is 0 Å². The van der Waals surface area contributed by atoms with E-state index in [-0.39, 0.29) is 46.4 Å². The van der Waals surface area contributed by atoms with Crippen molar-refractivity contribution in [3.63, 3.8) is 0 Å². The number of esters is 1. The van der Waals surface area contributed by atoms with E-state index in [2.05, 4.69) is 24.3 Å². The van der Waals surface area contributed by atoms with Gasteiger partial charge in [-0.25, -0.2) is 14.2 Å². The summed E-state index contributed by atoms with van der Waals surface area (Å²) < 4.78 is 66.0. The van der Waals surface area contributed by atoms with E-state index >= 15 is 4.79 Å². The van der Waals surface area contributed by atoms with E-state index in [9.17, 15) is 14.4 Å². The third kappa shape index (κ3) is 11.6. The molecule has 1 unspecified atom stereocenters.